The first-order valence-electron chi connectivity index (χ1n) is 9.92. The van der Waals surface area contributed by atoms with Gasteiger partial charge in [-0.05, 0) is 12.8 Å². The van der Waals surface area contributed by atoms with Gasteiger partial charge < -0.3 is 9.64 Å². The van der Waals surface area contributed by atoms with E-state index in [1.807, 2.05) is 6.20 Å². The standard InChI is InChI=1S/C19H30N6OS/c1-19(2,3)17-21-18(27-23-17)25-6-4-5-14(13-25)16-15(11-20-22-16)12-24-7-9-26-10-8-24/h11,14H,4-10,12-13H2,1-3H3,(H,20,22)/t14-/m1/s1. The van der Waals surface area contributed by atoms with Crippen LogP contribution in [0.5, 0.6) is 0 Å². The maximum absolute atomic E-state index is 5.47. The molecular weight excluding hydrogens is 360 g/mol. The number of H-pyrrole nitrogens is 1. The maximum atomic E-state index is 5.47. The lowest BCUT2D eigenvalue weighted by atomic mass is 9.92. The molecule has 4 rings (SSSR count). The van der Waals surface area contributed by atoms with E-state index in [1.165, 1.54) is 35.6 Å². The predicted octanol–water partition coefficient (Wildman–Crippen LogP) is 2.77. The van der Waals surface area contributed by atoms with E-state index in [4.69, 9.17) is 9.72 Å². The number of piperidine rings is 1. The average molecular weight is 391 g/mol. The van der Waals surface area contributed by atoms with Gasteiger partial charge in [0.25, 0.3) is 0 Å². The summed E-state index contributed by atoms with van der Waals surface area (Å²) in [5.41, 5.74) is 2.63. The zero-order valence-corrected chi connectivity index (χ0v) is 17.4. The second kappa shape index (κ2) is 7.85. The maximum Gasteiger partial charge on any atom is 0.205 e. The molecule has 2 fully saturated rings. The lowest BCUT2D eigenvalue weighted by Crippen LogP contribution is -2.37. The van der Waals surface area contributed by atoms with E-state index in [1.54, 1.807) is 0 Å². The summed E-state index contributed by atoms with van der Waals surface area (Å²) in [5.74, 6) is 1.42. The molecule has 0 radical (unpaired) electrons. The molecule has 1 atom stereocenters. The van der Waals surface area contributed by atoms with Gasteiger partial charge in [-0.3, -0.25) is 10.00 Å². The van der Waals surface area contributed by atoms with Crippen molar-refractivity contribution in [2.75, 3.05) is 44.3 Å². The van der Waals surface area contributed by atoms with Crippen molar-refractivity contribution in [2.45, 2.75) is 51.5 Å². The molecule has 0 aromatic carbocycles. The smallest absolute Gasteiger partial charge is 0.205 e. The zero-order chi connectivity index (χ0) is 18.9. The van der Waals surface area contributed by atoms with Crippen molar-refractivity contribution < 1.29 is 4.74 Å². The first-order chi connectivity index (χ1) is 13.0. The van der Waals surface area contributed by atoms with Crippen molar-refractivity contribution in [1.29, 1.82) is 0 Å². The highest BCUT2D eigenvalue weighted by Crippen LogP contribution is 2.33. The number of hydrogen-bond donors (Lipinski definition) is 1. The van der Waals surface area contributed by atoms with Crippen LogP contribution in [0.15, 0.2) is 6.20 Å². The van der Waals surface area contributed by atoms with E-state index in [2.05, 4.69) is 45.1 Å². The fraction of sp³-hybridized carbons (Fsp3) is 0.737. The Kier molecular flexibility index (Phi) is 5.48. The largest absolute Gasteiger partial charge is 0.379 e. The van der Waals surface area contributed by atoms with Crippen molar-refractivity contribution >= 4 is 16.7 Å². The minimum Gasteiger partial charge on any atom is -0.379 e. The second-order valence-electron chi connectivity index (χ2n) is 8.63. The molecule has 4 heterocycles. The Morgan fingerprint density at radius 1 is 1.26 bits per heavy atom. The van der Waals surface area contributed by atoms with Crippen molar-refractivity contribution in [1.82, 2.24) is 24.5 Å². The van der Waals surface area contributed by atoms with Crippen LogP contribution in [-0.2, 0) is 16.7 Å². The Morgan fingerprint density at radius 2 is 2.07 bits per heavy atom. The summed E-state index contributed by atoms with van der Waals surface area (Å²) in [5, 5.41) is 8.72. The number of aromatic nitrogens is 4. The van der Waals surface area contributed by atoms with Crippen LogP contribution in [0.2, 0.25) is 0 Å². The first kappa shape index (κ1) is 18.8. The number of nitrogens with zero attached hydrogens (tertiary/aromatic N) is 5. The van der Waals surface area contributed by atoms with E-state index in [0.29, 0.717) is 5.92 Å². The lowest BCUT2D eigenvalue weighted by molar-refractivity contribution is 0.0340. The van der Waals surface area contributed by atoms with Crippen LogP contribution < -0.4 is 4.90 Å². The molecule has 0 amide bonds. The second-order valence-corrected chi connectivity index (χ2v) is 9.36. The van der Waals surface area contributed by atoms with Crippen LogP contribution in [-0.4, -0.2) is 63.8 Å². The van der Waals surface area contributed by atoms with Crippen LogP contribution in [0.3, 0.4) is 0 Å². The van der Waals surface area contributed by atoms with Crippen LogP contribution in [0, 0.1) is 0 Å². The van der Waals surface area contributed by atoms with E-state index < -0.39 is 0 Å². The van der Waals surface area contributed by atoms with Gasteiger partial charge in [-0.1, -0.05) is 20.8 Å². The Balaban J connectivity index is 1.46. The van der Waals surface area contributed by atoms with E-state index in [-0.39, 0.29) is 5.41 Å². The van der Waals surface area contributed by atoms with Gasteiger partial charge in [-0.2, -0.15) is 9.47 Å². The molecule has 148 valence electrons. The molecule has 2 saturated heterocycles. The van der Waals surface area contributed by atoms with Crippen LogP contribution in [0.1, 0.15) is 56.6 Å². The molecule has 2 aliphatic rings. The van der Waals surface area contributed by atoms with Crippen LogP contribution >= 0.6 is 11.5 Å². The number of anilines is 1. The molecule has 0 unspecified atom stereocenters. The quantitative estimate of drug-likeness (QED) is 0.866. The molecule has 2 aliphatic heterocycles. The molecule has 27 heavy (non-hydrogen) atoms. The number of ether oxygens (including phenoxy) is 1. The molecule has 7 nitrogen and oxygen atoms in total. The fourth-order valence-electron chi connectivity index (χ4n) is 3.84. The number of nitrogens with one attached hydrogen (secondary N) is 1. The topological polar surface area (TPSA) is 70.2 Å². The number of hydrogen-bond acceptors (Lipinski definition) is 7. The molecule has 1 N–H and O–H groups in total. The number of morpholine rings is 1. The zero-order valence-electron chi connectivity index (χ0n) is 16.6. The summed E-state index contributed by atoms with van der Waals surface area (Å²) in [6.07, 6.45) is 4.37. The van der Waals surface area contributed by atoms with Crippen molar-refractivity contribution in [2.24, 2.45) is 0 Å². The summed E-state index contributed by atoms with van der Waals surface area (Å²) in [4.78, 5) is 9.68. The third-order valence-electron chi connectivity index (χ3n) is 5.44. The van der Waals surface area contributed by atoms with E-state index >= 15 is 0 Å². The minimum absolute atomic E-state index is 0.00135. The molecular formula is C19H30N6OS. The number of aromatic amines is 1. The molecule has 2 aromatic heterocycles. The highest BCUT2D eigenvalue weighted by Gasteiger charge is 2.28. The van der Waals surface area contributed by atoms with Gasteiger partial charge in [0.05, 0.1) is 19.4 Å². The third kappa shape index (κ3) is 4.33. The summed E-state index contributed by atoms with van der Waals surface area (Å²) in [6.45, 7) is 13.2. The van der Waals surface area contributed by atoms with Crippen molar-refractivity contribution in [3.05, 3.63) is 23.3 Å². The Hall–Kier alpha value is -1.51. The predicted molar refractivity (Wildman–Crippen MR) is 107 cm³/mol. The van der Waals surface area contributed by atoms with Gasteiger partial charge in [-0.15, -0.1) is 0 Å². The Bertz CT molecular complexity index is 745. The van der Waals surface area contributed by atoms with Gasteiger partial charge in [0.1, 0.15) is 5.82 Å². The third-order valence-corrected chi connectivity index (χ3v) is 6.21. The van der Waals surface area contributed by atoms with Crippen LogP contribution in [0.25, 0.3) is 0 Å². The summed E-state index contributed by atoms with van der Waals surface area (Å²) in [6, 6.07) is 0. The highest BCUT2D eigenvalue weighted by molar-refractivity contribution is 7.09. The van der Waals surface area contributed by atoms with E-state index in [9.17, 15) is 0 Å². The monoisotopic (exact) mass is 390 g/mol. The van der Waals surface area contributed by atoms with Gasteiger partial charge in [0.2, 0.25) is 5.13 Å². The van der Waals surface area contributed by atoms with E-state index in [0.717, 1.165) is 56.9 Å². The number of rotatable bonds is 4. The lowest BCUT2D eigenvalue weighted by Gasteiger charge is -2.33. The molecule has 0 bridgehead atoms. The Labute approximate surface area is 165 Å². The Morgan fingerprint density at radius 3 is 2.81 bits per heavy atom. The summed E-state index contributed by atoms with van der Waals surface area (Å²) < 4.78 is 10.1. The molecule has 0 spiro atoms. The molecule has 0 aliphatic carbocycles. The van der Waals surface area contributed by atoms with Crippen molar-refractivity contribution in [3.63, 3.8) is 0 Å². The first-order valence-corrected chi connectivity index (χ1v) is 10.7. The SMILES string of the molecule is CC(C)(C)c1nsc(N2CCC[C@@H](c3[nH]ncc3CN3CCOCC3)C2)n1. The normalized spacial score (nSPS) is 22.3. The van der Waals surface area contributed by atoms with Gasteiger partial charge in [0.15, 0.2) is 0 Å². The summed E-state index contributed by atoms with van der Waals surface area (Å²) in [7, 11) is 0. The van der Waals surface area contributed by atoms with Gasteiger partial charge in [-0.25, -0.2) is 4.98 Å². The van der Waals surface area contributed by atoms with Crippen LogP contribution in [0.4, 0.5) is 5.13 Å². The average Bonchev–Trinajstić information content (AvgIpc) is 3.32. The summed E-state index contributed by atoms with van der Waals surface area (Å²) >= 11 is 1.53. The molecule has 8 heteroatoms. The van der Waals surface area contributed by atoms with Gasteiger partial charge in [0, 0.05) is 66.8 Å². The van der Waals surface area contributed by atoms with Gasteiger partial charge >= 0.3 is 0 Å². The fourth-order valence-corrected chi connectivity index (χ4v) is 4.73. The highest BCUT2D eigenvalue weighted by atomic mass is 32.1. The van der Waals surface area contributed by atoms with Crippen molar-refractivity contribution in [3.8, 4) is 0 Å². The molecule has 2 aromatic rings. The molecule has 0 saturated carbocycles. The minimum atomic E-state index is -0.00135.